The zero-order valence-electron chi connectivity index (χ0n) is 29.7. The summed E-state index contributed by atoms with van der Waals surface area (Å²) in [7, 11) is -0.667. The lowest BCUT2D eigenvalue weighted by atomic mass is 9.64. The Morgan fingerprint density at radius 2 is 1.00 bits per heavy atom. The predicted octanol–water partition coefficient (Wildman–Crippen LogP) is 8.37. The van der Waals surface area contributed by atoms with Gasteiger partial charge >= 0.3 is 14.2 Å². The third-order valence-electron chi connectivity index (χ3n) is 13.0. The van der Waals surface area contributed by atoms with Crippen molar-refractivity contribution in [2.75, 3.05) is 0 Å². The van der Waals surface area contributed by atoms with Crippen LogP contribution in [0.4, 0.5) is 0 Å². The van der Waals surface area contributed by atoms with Gasteiger partial charge in [0.05, 0.1) is 22.4 Å². The van der Waals surface area contributed by atoms with E-state index in [1.807, 2.05) is 0 Å². The van der Waals surface area contributed by atoms with E-state index in [2.05, 4.69) is 111 Å². The minimum absolute atomic E-state index is 0.0375. The number of hydrogen-bond acceptors (Lipinski definition) is 4. The lowest BCUT2D eigenvalue weighted by Crippen LogP contribution is -2.41. The highest BCUT2D eigenvalue weighted by molar-refractivity contribution is 6.62. The molecule has 3 atom stereocenters. The molecule has 4 aliphatic rings. The molecule has 0 aromatic heterocycles. The molecule has 0 spiro atoms. The molecule has 6 heteroatoms. The molecule has 244 valence electrons. The van der Waals surface area contributed by atoms with E-state index in [1.54, 1.807) is 0 Å². The Labute approximate surface area is 275 Å². The van der Waals surface area contributed by atoms with Crippen molar-refractivity contribution in [3.63, 3.8) is 0 Å². The number of fused-ring (bicyclic) bond motifs is 2. The molecule has 6 rings (SSSR count). The Kier molecular flexibility index (Phi) is 8.99. The van der Waals surface area contributed by atoms with Crippen molar-refractivity contribution in [1.29, 1.82) is 0 Å². The fourth-order valence-corrected chi connectivity index (χ4v) is 8.94. The summed E-state index contributed by atoms with van der Waals surface area (Å²) >= 11 is 0. The van der Waals surface area contributed by atoms with Gasteiger partial charge in [-0.25, -0.2) is 0 Å². The van der Waals surface area contributed by atoms with E-state index < -0.39 is 0 Å². The van der Waals surface area contributed by atoms with Crippen LogP contribution in [0.15, 0.2) is 48.5 Å². The summed E-state index contributed by atoms with van der Waals surface area (Å²) < 4.78 is 25.7. The molecular weight excluding hydrogens is 554 g/mol. The van der Waals surface area contributed by atoms with Crippen molar-refractivity contribution in [2.24, 2.45) is 17.8 Å². The van der Waals surface area contributed by atoms with Gasteiger partial charge in [-0.3, -0.25) is 0 Å². The highest BCUT2D eigenvalue weighted by Gasteiger charge is 2.60. The first kappa shape index (κ1) is 33.3. The number of unbranched alkanes of at least 4 members (excludes halogenated alkanes) is 5. The Balaban J connectivity index is 1.29. The summed E-state index contributed by atoms with van der Waals surface area (Å²) in [5.41, 5.74) is 3.81. The second-order valence-corrected chi connectivity index (χ2v) is 16.7. The van der Waals surface area contributed by atoms with Crippen molar-refractivity contribution in [3.05, 3.63) is 59.7 Å². The summed E-state index contributed by atoms with van der Waals surface area (Å²) in [5, 5.41) is 0. The lowest BCUT2D eigenvalue weighted by Gasteiger charge is -2.37. The van der Waals surface area contributed by atoms with Crippen LogP contribution >= 0.6 is 0 Å². The van der Waals surface area contributed by atoms with Crippen LogP contribution in [0.2, 0.25) is 0 Å². The first-order chi connectivity index (χ1) is 21.2. The fraction of sp³-hybridized carbons (Fsp3) is 0.692. The van der Waals surface area contributed by atoms with E-state index in [4.69, 9.17) is 18.6 Å². The fourth-order valence-electron chi connectivity index (χ4n) is 8.94. The van der Waals surface area contributed by atoms with Crippen molar-refractivity contribution >= 4 is 25.2 Å². The zero-order valence-corrected chi connectivity index (χ0v) is 29.7. The Morgan fingerprint density at radius 1 is 0.578 bits per heavy atom. The number of rotatable bonds is 11. The van der Waals surface area contributed by atoms with Gasteiger partial charge in [0, 0.05) is 5.41 Å². The maximum absolute atomic E-state index is 6.42. The first-order valence-electron chi connectivity index (χ1n) is 18.1. The zero-order chi connectivity index (χ0) is 32.3. The molecule has 2 heterocycles. The third kappa shape index (κ3) is 5.79. The molecular formula is C39H58B2O4. The van der Waals surface area contributed by atoms with Gasteiger partial charge in [0.1, 0.15) is 0 Å². The minimum atomic E-state index is -0.342. The average Bonchev–Trinajstić information content (AvgIpc) is 3.64. The summed E-state index contributed by atoms with van der Waals surface area (Å²) in [6.07, 6.45) is 13.6. The third-order valence-corrected chi connectivity index (χ3v) is 13.0. The van der Waals surface area contributed by atoms with E-state index >= 15 is 0 Å². The molecule has 0 radical (unpaired) electrons. The van der Waals surface area contributed by atoms with Gasteiger partial charge in [-0.05, 0) is 114 Å². The van der Waals surface area contributed by atoms with Crippen LogP contribution in [-0.2, 0) is 24.0 Å². The van der Waals surface area contributed by atoms with Gasteiger partial charge in [-0.1, -0.05) is 100 Å². The van der Waals surface area contributed by atoms with Crippen LogP contribution in [0.1, 0.15) is 138 Å². The molecule has 2 aromatic rings. The van der Waals surface area contributed by atoms with Crippen LogP contribution in [0, 0.1) is 17.8 Å². The average molecular weight is 613 g/mol. The van der Waals surface area contributed by atoms with E-state index in [1.165, 1.54) is 75.3 Å². The van der Waals surface area contributed by atoms with Crippen LogP contribution in [0.5, 0.6) is 0 Å². The van der Waals surface area contributed by atoms with Crippen molar-refractivity contribution in [3.8, 4) is 0 Å². The van der Waals surface area contributed by atoms with Crippen molar-refractivity contribution in [2.45, 2.75) is 154 Å². The van der Waals surface area contributed by atoms with Crippen molar-refractivity contribution < 1.29 is 18.6 Å². The maximum atomic E-state index is 6.42. The molecule has 0 unspecified atom stereocenters. The number of benzene rings is 2. The molecule has 0 amide bonds. The Hall–Kier alpha value is -1.59. The lowest BCUT2D eigenvalue weighted by molar-refractivity contribution is 0.00578. The standard InChI is InChI=1S/C39H58B2O4/c1-10-11-12-13-14-15-16-28-27-31-21-26-34(28)39(31,29-17-22-32(23-18-29)40-42-35(2,3)36(4,5)43-40)30-19-24-33(25-20-30)41-44-37(6,7)38(8,9)45-41/h17-20,22-25,28,31,34H,10-16,21,26-27H2,1-9H3/t28-,31+,34-/m0/s1. The number of hydrogen-bond donors (Lipinski definition) is 0. The minimum Gasteiger partial charge on any atom is -0.399 e. The smallest absolute Gasteiger partial charge is 0.399 e. The molecule has 2 bridgehead atoms. The highest BCUT2D eigenvalue weighted by Crippen LogP contribution is 2.65. The molecule has 4 fully saturated rings. The second-order valence-electron chi connectivity index (χ2n) is 16.7. The van der Waals surface area contributed by atoms with Gasteiger partial charge in [0.15, 0.2) is 0 Å². The molecule has 0 N–H and O–H groups in total. The first-order valence-corrected chi connectivity index (χ1v) is 18.1. The van der Waals surface area contributed by atoms with Crippen molar-refractivity contribution in [1.82, 2.24) is 0 Å². The van der Waals surface area contributed by atoms with E-state index in [0.717, 1.165) is 16.8 Å². The van der Waals surface area contributed by atoms with Gasteiger partial charge in [0.2, 0.25) is 0 Å². The predicted molar refractivity (Wildman–Crippen MR) is 187 cm³/mol. The largest absolute Gasteiger partial charge is 0.494 e. The molecule has 2 aliphatic carbocycles. The van der Waals surface area contributed by atoms with Gasteiger partial charge in [-0.2, -0.15) is 0 Å². The Bertz CT molecular complexity index is 1200. The van der Waals surface area contributed by atoms with Crippen LogP contribution in [-0.4, -0.2) is 36.6 Å². The molecule has 2 saturated carbocycles. The van der Waals surface area contributed by atoms with E-state index in [0.29, 0.717) is 11.8 Å². The summed E-state index contributed by atoms with van der Waals surface area (Å²) in [6, 6.07) is 18.7. The SMILES string of the molecule is CCCCCCCC[C@H]1C[C@H]2CC[C@@H]1C2(c1ccc(B2OC(C)(C)C(C)(C)O2)cc1)c1ccc(B2OC(C)(C)C(C)(C)O2)cc1. The monoisotopic (exact) mass is 612 g/mol. The molecule has 2 aliphatic heterocycles. The summed E-state index contributed by atoms with van der Waals surface area (Å²) in [4.78, 5) is 0. The topological polar surface area (TPSA) is 36.9 Å². The normalized spacial score (nSPS) is 28.7. The quantitative estimate of drug-likeness (QED) is 0.189. The van der Waals surface area contributed by atoms with E-state index in [9.17, 15) is 0 Å². The van der Waals surface area contributed by atoms with Crippen LogP contribution in [0.25, 0.3) is 0 Å². The highest BCUT2D eigenvalue weighted by atomic mass is 16.7. The second kappa shape index (κ2) is 12.1. The van der Waals surface area contributed by atoms with Gasteiger partial charge < -0.3 is 18.6 Å². The molecule has 4 nitrogen and oxygen atoms in total. The summed E-state index contributed by atoms with van der Waals surface area (Å²) in [6.45, 7) is 19.3. The summed E-state index contributed by atoms with van der Waals surface area (Å²) in [5.74, 6) is 2.13. The maximum Gasteiger partial charge on any atom is 0.494 e. The van der Waals surface area contributed by atoms with Gasteiger partial charge in [-0.15, -0.1) is 0 Å². The van der Waals surface area contributed by atoms with Crippen LogP contribution in [0.3, 0.4) is 0 Å². The van der Waals surface area contributed by atoms with Crippen LogP contribution < -0.4 is 10.9 Å². The Morgan fingerprint density at radius 3 is 1.44 bits per heavy atom. The molecule has 2 aromatic carbocycles. The van der Waals surface area contributed by atoms with Gasteiger partial charge in [0.25, 0.3) is 0 Å². The van der Waals surface area contributed by atoms with E-state index in [-0.39, 0.29) is 42.1 Å². The molecule has 45 heavy (non-hydrogen) atoms. The molecule has 2 saturated heterocycles.